The molecular formula is C21H27N7O2. The van der Waals surface area contributed by atoms with Crippen LogP contribution in [0, 0.1) is 11.3 Å². The predicted molar refractivity (Wildman–Crippen MR) is 116 cm³/mol. The van der Waals surface area contributed by atoms with E-state index in [1.165, 1.54) is 0 Å². The molecule has 0 aromatic carbocycles. The molecule has 0 spiro atoms. The van der Waals surface area contributed by atoms with Crippen LogP contribution in [0.1, 0.15) is 45.2 Å². The van der Waals surface area contributed by atoms with Crippen molar-refractivity contribution in [1.82, 2.24) is 9.97 Å². The van der Waals surface area contributed by atoms with Crippen LogP contribution in [0.5, 0.6) is 0 Å². The zero-order valence-electron chi connectivity index (χ0n) is 17.8. The molecule has 4 N–H and O–H groups in total. The summed E-state index contributed by atoms with van der Waals surface area (Å²) in [5.74, 6) is 1.38. The van der Waals surface area contributed by atoms with Crippen molar-refractivity contribution in [3.63, 3.8) is 0 Å². The number of carbonyl (C=O) groups excluding carboxylic acids is 1. The Labute approximate surface area is 175 Å². The first-order valence-electron chi connectivity index (χ1n) is 10.3. The van der Waals surface area contributed by atoms with Gasteiger partial charge in [-0.25, -0.2) is 9.97 Å². The zero-order chi connectivity index (χ0) is 21.7. The van der Waals surface area contributed by atoms with E-state index in [4.69, 9.17) is 16.2 Å². The number of morpholine rings is 1. The molecule has 9 nitrogen and oxygen atoms in total. The van der Waals surface area contributed by atoms with Gasteiger partial charge in [0.05, 0.1) is 24.0 Å². The summed E-state index contributed by atoms with van der Waals surface area (Å²) in [7, 11) is 0. The number of carbonyl (C=O) groups is 1. The lowest BCUT2D eigenvalue weighted by molar-refractivity contribution is -0.117. The van der Waals surface area contributed by atoms with E-state index in [1.807, 2.05) is 32.6 Å². The minimum atomic E-state index is -0.0480. The molecule has 2 aliphatic heterocycles. The lowest BCUT2D eigenvalue weighted by Gasteiger charge is -2.36. The molecule has 1 amide bonds. The minimum Gasteiger partial charge on any atom is -0.383 e. The van der Waals surface area contributed by atoms with Gasteiger partial charge >= 0.3 is 0 Å². The lowest BCUT2D eigenvalue weighted by atomic mass is 10.00. The highest BCUT2D eigenvalue weighted by atomic mass is 16.5. The molecular weight excluding hydrogens is 382 g/mol. The van der Waals surface area contributed by atoms with Crippen LogP contribution in [0.2, 0.25) is 0 Å². The van der Waals surface area contributed by atoms with Gasteiger partial charge in [-0.2, -0.15) is 5.26 Å². The van der Waals surface area contributed by atoms with E-state index in [9.17, 15) is 10.1 Å². The van der Waals surface area contributed by atoms with Crippen LogP contribution in [0.4, 0.5) is 23.3 Å². The maximum absolute atomic E-state index is 12.8. The molecule has 0 unspecified atom stereocenters. The maximum atomic E-state index is 12.8. The van der Waals surface area contributed by atoms with Crippen molar-refractivity contribution >= 4 is 40.0 Å². The topological polar surface area (TPSA) is 134 Å². The van der Waals surface area contributed by atoms with Crippen molar-refractivity contribution in [3.8, 4) is 6.07 Å². The molecule has 0 radical (unpaired) electrons. The molecule has 1 fully saturated rings. The summed E-state index contributed by atoms with van der Waals surface area (Å²) < 4.78 is 5.82. The Kier molecular flexibility index (Phi) is 4.90. The number of fused-ring (bicyclic) bond motifs is 3. The molecule has 158 valence electrons. The molecule has 1 saturated heterocycles. The molecule has 2 aromatic rings. The number of hydrogen-bond acceptors (Lipinski definition) is 8. The monoisotopic (exact) mass is 409 g/mol. The molecule has 3 atom stereocenters. The van der Waals surface area contributed by atoms with Crippen LogP contribution in [-0.2, 0) is 16.0 Å². The van der Waals surface area contributed by atoms with E-state index in [0.29, 0.717) is 46.6 Å². The number of hydrogen-bond donors (Lipinski definition) is 2. The number of nitriles is 1. The van der Waals surface area contributed by atoms with E-state index in [2.05, 4.69) is 16.0 Å². The predicted octanol–water partition coefficient (Wildman–Crippen LogP) is 1.97. The van der Waals surface area contributed by atoms with Crippen molar-refractivity contribution in [3.05, 3.63) is 11.1 Å². The van der Waals surface area contributed by atoms with Gasteiger partial charge in [0, 0.05) is 30.1 Å². The molecule has 0 saturated carbocycles. The third kappa shape index (κ3) is 2.99. The summed E-state index contributed by atoms with van der Waals surface area (Å²) in [6, 6.07) is 2.29. The number of ether oxygens (including phenoxy) is 1. The summed E-state index contributed by atoms with van der Waals surface area (Å²) in [5.41, 5.74) is 13.7. The lowest BCUT2D eigenvalue weighted by Crippen LogP contribution is -2.46. The molecule has 4 rings (SSSR count). The first-order valence-corrected chi connectivity index (χ1v) is 10.3. The Morgan fingerprint density at radius 1 is 1.17 bits per heavy atom. The van der Waals surface area contributed by atoms with E-state index in [-0.39, 0.29) is 42.2 Å². The highest BCUT2D eigenvalue weighted by Crippen LogP contribution is 2.42. The Balaban J connectivity index is 2.00. The Morgan fingerprint density at radius 3 is 2.33 bits per heavy atom. The summed E-state index contributed by atoms with van der Waals surface area (Å²) in [4.78, 5) is 25.6. The first kappa shape index (κ1) is 20.2. The molecule has 30 heavy (non-hydrogen) atoms. The quantitative estimate of drug-likeness (QED) is 0.786. The van der Waals surface area contributed by atoms with Gasteiger partial charge in [0.15, 0.2) is 0 Å². The van der Waals surface area contributed by atoms with Crippen molar-refractivity contribution in [2.45, 2.75) is 58.8 Å². The van der Waals surface area contributed by atoms with Crippen LogP contribution in [0.3, 0.4) is 0 Å². The van der Waals surface area contributed by atoms with Gasteiger partial charge in [-0.05, 0) is 27.2 Å². The highest BCUT2D eigenvalue weighted by Gasteiger charge is 2.36. The number of nitrogens with two attached hydrogens (primary N) is 2. The second kappa shape index (κ2) is 7.29. The first-order chi connectivity index (χ1) is 14.3. The Bertz CT molecular complexity index is 1070. The number of pyridine rings is 2. The van der Waals surface area contributed by atoms with Gasteiger partial charge in [-0.3, -0.25) is 9.69 Å². The molecule has 2 aromatic heterocycles. The van der Waals surface area contributed by atoms with Crippen LogP contribution < -0.4 is 21.3 Å². The average molecular weight is 409 g/mol. The minimum absolute atomic E-state index is 0.00490. The molecule has 0 bridgehead atoms. The molecule has 9 heteroatoms. The maximum Gasteiger partial charge on any atom is 0.232 e. The smallest absolute Gasteiger partial charge is 0.232 e. The summed E-state index contributed by atoms with van der Waals surface area (Å²) in [6.07, 6.45) is 0.935. The highest BCUT2D eigenvalue weighted by molar-refractivity contribution is 6.13. The molecule has 4 heterocycles. The second-order valence-electron chi connectivity index (χ2n) is 8.22. The third-order valence-corrected chi connectivity index (χ3v) is 5.95. The van der Waals surface area contributed by atoms with Crippen LogP contribution in [-0.4, -0.2) is 47.2 Å². The van der Waals surface area contributed by atoms with Gasteiger partial charge in [-0.15, -0.1) is 0 Å². The van der Waals surface area contributed by atoms with Crippen LogP contribution >= 0.6 is 0 Å². The number of nitrogens with zero attached hydrogens (tertiary/aromatic N) is 5. The number of aromatic nitrogens is 2. The van der Waals surface area contributed by atoms with Gasteiger partial charge in [0.2, 0.25) is 5.91 Å². The van der Waals surface area contributed by atoms with Gasteiger partial charge in [-0.1, -0.05) is 6.92 Å². The van der Waals surface area contributed by atoms with Gasteiger partial charge in [0.1, 0.15) is 34.9 Å². The molecule has 2 aliphatic rings. The van der Waals surface area contributed by atoms with Crippen molar-refractivity contribution in [2.24, 2.45) is 0 Å². The van der Waals surface area contributed by atoms with Crippen molar-refractivity contribution < 1.29 is 9.53 Å². The zero-order valence-corrected chi connectivity index (χ0v) is 17.8. The van der Waals surface area contributed by atoms with E-state index in [1.54, 1.807) is 4.90 Å². The number of nitrogen functional groups attached to an aromatic ring is 2. The van der Waals surface area contributed by atoms with Crippen molar-refractivity contribution in [1.29, 1.82) is 5.26 Å². The van der Waals surface area contributed by atoms with Gasteiger partial charge in [0.25, 0.3) is 0 Å². The SMILES string of the molecule is CC[C@@H](C)N1C(=O)Cc2c1nc(N)c1c(N)nc(N3C[C@H](C)O[C@@H](C)C3)c(C#N)c21. The standard InChI is InChI=1S/C21H27N7O2/c1-5-10(2)28-15(29)6-13-16-14(7-22)20(27-8-11(3)30-12(4)9-27)25-18(23)17(16)19(24)26-21(13)28/h10-12H,5-6,8-9H2,1-4H3,(H2,23,25)(H2,24,26)/t10-,11+,12+/m1/s1. The van der Waals surface area contributed by atoms with Crippen LogP contribution in [0.25, 0.3) is 10.8 Å². The fraction of sp³-hybridized carbons (Fsp3) is 0.524. The van der Waals surface area contributed by atoms with Crippen molar-refractivity contribution in [2.75, 3.05) is 34.4 Å². The Morgan fingerprint density at radius 2 is 1.77 bits per heavy atom. The van der Waals surface area contributed by atoms with Crippen LogP contribution in [0.15, 0.2) is 0 Å². The summed E-state index contributed by atoms with van der Waals surface area (Å²) in [6.45, 7) is 9.16. The normalized spacial score (nSPS) is 22.3. The average Bonchev–Trinajstić information content (AvgIpc) is 3.01. The number of anilines is 4. The van der Waals surface area contributed by atoms with Gasteiger partial charge < -0.3 is 21.1 Å². The Hall–Kier alpha value is -3.12. The van der Waals surface area contributed by atoms with E-state index in [0.717, 1.165) is 6.42 Å². The fourth-order valence-electron chi connectivity index (χ4n) is 4.55. The van der Waals surface area contributed by atoms with E-state index >= 15 is 0 Å². The molecule has 0 aliphatic carbocycles. The largest absolute Gasteiger partial charge is 0.383 e. The van der Waals surface area contributed by atoms with E-state index < -0.39 is 0 Å². The fourth-order valence-corrected chi connectivity index (χ4v) is 4.55. The second-order valence-corrected chi connectivity index (χ2v) is 8.22. The number of rotatable bonds is 3. The summed E-state index contributed by atoms with van der Waals surface area (Å²) in [5, 5.41) is 11.2. The summed E-state index contributed by atoms with van der Waals surface area (Å²) >= 11 is 0. The third-order valence-electron chi connectivity index (χ3n) is 5.95. The number of amides is 1.